The van der Waals surface area contributed by atoms with Crippen molar-refractivity contribution in [3.8, 4) is 0 Å². The largest absolute Gasteiger partial charge is 0.390 e. The van der Waals surface area contributed by atoms with E-state index in [1.807, 2.05) is 55.6 Å². The van der Waals surface area contributed by atoms with Gasteiger partial charge in [-0.05, 0) is 18.2 Å². The van der Waals surface area contributed by atoms with Gasteiger partial charge < -0.3 is 5.11 Å². The SMILES string of the molecule is CN(Cc1ccccc1)CC(O)CN1CCN(S(=O)(=O)Cc2ccccc2)CC1. The minimum Gasteiger partial charge on any atom is -0.390 e. The Morgan fingerprint density at radius 1 is 0.931 bits per heavy atom. The van der Waals surface area contributed by atoms with Gasteiger partial charge in [-0.25, -0.2) is 8.42 Å². The van der Waals surface area contributed by atoms with Gasteiger partial charge in [-0.1, -0.05) is 60.7 Å². The van der Waals surface area contributed by atoms with Crippen LogP contribution in [0.5, 0.6) is 0 Å². The number of nitrogens with zero attached hydrogens (tertiary/aromatic N) is 3. The zero-order valence-corrected chi connectivity index (χ0v) is 17.8. The maximum atomic E-state index is 12.7. The lowest BCUT2D eigenvalue weighted by Gasteiger charge is -2.35. The standard InChI is InChI=1S/C22H31N3O3S/c1-23(16-20-8-4-2-5-9-20)17-22(26)18-24-12-14-25(15-13-24)29(27,28)19-21-10-6-3-7-11-21/h2-11,22,26H,12-19H2,1H3. The summed E-state index contributed by atoms with van der Waals surface area (Å²) in [5.74, 6) is 0.0424. The molecule has 1 aliphatic heterocycles. The number of hydrogen-bond acceptors (Lipinski definition) is 5. The van der Waals surface area contributed by atoms with Gasteiger partial charge in [0.05, 0.1) is 11.9 Å². The Kier molecular flexibility index (Phi) is 7.80. The molecular weight excluding hydrogens is 386 g/mol. The van der Waals surface area contributed by atoms with E-state index in [1.165, 1.54) is 5.56 Å². The first-order valence-corrected chi connectivity index (χ1v) is 11.7. The Morgan fingerprint density at radius 2 is 1.48 bits per heavy atom. The number of aliphatic hydroxyl groups excluding tert-OH is 1. The molecule has 1 aliphatic rings. The zero-order valence-electron chi connectivity index (χ0n) is 17.0. The van der Waals surface area contributed by atoms with E-state index in [4.69, 9.17) is 0 Å². The molecule has 0 aliphatic carbocycles. The molecule has 1 saturated heterocycles. The van der Waals surface area contributed by atoms with E-state index in [2.05, 4.69) is 21.9 Å². The molecule has 0 spiro atoms. The average Bonchev–Trinajstić information content (AvgIpc) is 2.69. The Bertz CT molecular complexity index is 838. The number of rotatable bonds is 9. The first-order valence-electron chi connectivity index (χ1n) is 10.1. The summed E-state index contributed by atoms with van der Waals surface area (Å²) in [6.45, 7) is 4.18. The molecule has 7 heteroatoms. The molecule has 2 aromatic rings. The molecule has 3 rings (SSSR count). The van der Waals surface area contributed by atoms with Crippen molar-refractivity contribution in [2.45, 2.75) is 18.4 Å². The van der Waals surface area contributed by atoms with Gasteiger partial charge in [0.1, 0.15) is 0 Å². The van der Waals surface area contributed by atoms with Crippen molar-refractivity contribution >= 4 is 10.0 Å². The van der Waals surface area contributed by atoms with E-state index in [0.29, 0.717) is 39.3 Å². The van der Waals surface area contributed by atoms with Crippen LogP contribution in [0.2, 0.25) is 0 Å². The summed E-state index contributed by atoms with van der Waals surface area (Å²) < 4.78 is 26.9. The molecule has 0 amide bonds. The third-order valence-electron chi connectivity index (χ3n) is 5.20. The van der Waals surface area contributed by atoms with Crippen molar-refractivity contribution in [2.75, 3.05) is 46.3 Å². The van der Waals surface area contributed by atoms with Crippen LogP contribution in [0.4, 0.5) is 0 Å². The van der Waals surface area contributed by atoms with E-state index in [-0.39, 0.29) is 5.75 Å². The van der Waals surface area contributed by atoms with Crippen molar-refractivity contribution in [2.24, 2.45) is 0 Å². The number of benzene rings is 2. The van der Waals surface area contributed by atoms with Crippen LogP contribution >= 0.6 is 0 Å². The number of likely N-dealkylation sites (N-methyl/N-ethyl adjacent to an activating group) is 1. The Morgan fingerprint density at radius 3 is 2.07 bits per heavy atom. The van der Waals surface area contributed by atoms with Crippen LogP contribution in [-0.4, -0.2) is 80.0 Å². The fraction of sp³-hybridized carbons (Fsp3) is 0.455. The number of sulfonamides is 1. The molecule has 6 nitrogen and oxygen atoms in total. The van der Waals surface area contributed by atoms with Crippen LogP contribution in [0.15, 0.2) is 60.7 Å². The molecule has 0 bridgehead atoms. The molecular formula is C22H31N3O3S. The Balaban J connectivity index is 1.42. The highest BCUT2D eigenvalue weighted by molar-refractivity contribution is 7.88. The molecule has 29 heavy (non-hydrogen) atoms. The quantitative estimate of drug-likeness (QED) is 0.672. The number of β-amino-alcohol motifs (C(OH)–C–C–N with tert-alkyl or cyclic N) is 1. The normalized spacial score (nSPS) is 17.5. The van der Waals surface area contributed by atoms with Crippen molar-refractivity contribution in [1.29, 1.82) is 0 Å². The van der Waals surface area contributed by atoms with Gasteiger partial charge in [0.15, 0.2) is 0 Å². The van der Waals surface area contributed by atoms with E-state index >= 15 is 0 Å². The van der Waals surface area contributed by atoms with Crippen LogP contribution in [0.3, 0.4) is 0 Å². The number of piperazine rings is 1. The van der Waals surface area contributed by atoms with Crippen LogP contribution in [0, 0.1) is 0 Å². The number of aliphatic hydroxyl groups is 1. The summed E-state index contributed by atoms with van der Waals surface area (Å²) in [4.78, 5) is 4.26. The smallest absolute Gasteiger partial charge is 0.218 e. The predicted molar refractivity (Wildman–Crippen MR) is 116 cm³/mol. The van der Waals surface area contributed by atoms with Gasteiger partial charge in [-0.15, -0.1) is 0 Å². The summed E-state index contributed by atoms with van der Waals surface area (Å²) in [5.41, 5.74) is 2.03. The fourth-order valence-corrected chi connectivity index (χ4v) is 5.26. The van der Waals surface area contributed by atoms with Gasteiger partial charge in [0, 0.05) is 45.8 Å². The van der Waals surface area contributed by atoms with Crippen molar-refractivity contribution in [1.82, 2.24) is 14.1 Å². The summed E-state index contributed by atoms with van der Waals surface area (Å²) in [6, 6.07) is 19.5. The predicted octanol–water partition coefficient (Wildman–Crippen LogP) is 1.63. The first kappa shape index (κ1) is 21.9. The highest BCUT2D eigenvalue weighted by Gasteiger charge is 2.27. The van der Waals surface area contributed by atoms with E-state index in [0.717, 1.165) is 12.1 Å². The molecule has 1 atom stereocenters. The van der Waals surface area contributed by atoms with Crippen molar-refractivity contribution < 1.29 is 13.5 Å². The van der Waals surface area contributed by atoms with Gasteiger partial charge in [0.2, 0.25) is 10.0 Å². The second-order valence-corrected chi connectivity index (χ2v) is 9.75. The molecule has 1 unspecified atom stereocenters. The summed E-state index contributed by atoms with van der Waals surface area (Å²) in [6.07, 6.45) is -0.462. The lowest BCUT2D eigenvalue weighted by atomic mass is 10.2. The topological polar surface area (TPSA) is 64.1 Å². The highest BCUT2D eigenvalue weighted by Crippen LogP contribution is 2.14. The van der Waals surface area contributed by atoms with Crippen molar-refractivity contribution in [3.63, 3.8) is 0 Å². The van der Waals surface area contributed by atoms with Crippen molar-refractivity contribution in [3.05, 3.63) is 71.8 Å². The molecule has 0 saturated carbocycles. The lowest BCUT2D eigenvalue weighted by molar-refractivity contribution is 0.0668. The molecule has 1 fully saturated rings. The summed E-state index contributed by atoms with van der Waals surface area (Å²) in [7, 11) is -1.30. The third-order valence-corrected chi connectivity index (χ3v) is 7.05. The molecule has 0 aromatic heterocycles. The minimum absolute atomic E-state index is 0.0424. The fourth-order valence-electron chi connectivity index (χ4n) is 3.74. The first-order chi connectivity index (χ1) is 13.9. The summed E-state index contributed by atoms with van der Waals surface area (Å²) in [5, 5.41) is 10.5. The second kappa shape index (κ2) is 10.3. The molecule has 0 radical (unpaired) electrons. The zero-order chi connectivity index (χ0) is 20.7. The van der Waals surface area contributed by atoms with Gasteiger partial charge in [-0.2, -0.15) is 4.31 Å². The van der Waals surface area contributed by atoms with E-state index < -0.39 is 16.1 Å². The van der Waals surface area contributed by atoms with E-state index in [1.54, 1.807) is 4.31 Å². The molecule has 1 heterocycles. The average molecular weight is 418 g/mol. The molecule has 2 aromatic carbocycles. The molecule has 1 N–H and O–H groups in total. The monoisotopic (exact) mass is 417 g/mol. The Labute approximate surface area is 174 Å². The summed E-state index contributed by atoms with van der Waals surface area (Å²) >= 11 is 0. The minimum atomic E-state index is -3.31. The molecule has 158 valence electrons. The van der Waals surface area contributed by atoms with Crippen LogP contribution < -0.4 is 0 Å². The number of hydrogen-bond donors (Lipinski definition) is 1. The Hall–Kier alpha value is -1.77. The second-order valence-electron chi connectivity index (χ2n) is 7.78. The van der Waals surface area contributed by atoms with Crippen LogP contribution in [-0.2, 0) is 22.3 Å². The van der Waals surface area contributed by atoms with Gasteiger partial charge >= 0.3 is 0 Å². The highest BCUT2D eigenvalue weighted by atomic mass is 32.2. The third kappa shape index (κ3) is 6.90. The van der Waals surface area contributed by atoms with Gasteiger partial charge in [0.25, 0.3) is 0 Å². The van der Waals surface area contributed by atoms with Crippen LogP contribution in [0.1, 0.15) is 11.1 Å². The maximum absolute atomic E-state index is 12.7. The van der Waals surface area contributed by atoms with Crippen LogP contribution in [0.25, 0.3) is 0 Å². The lowest BCUT2D eigenvalue weighted by Crippen LogP contribution is -2.51. The van der Waals surface area contributed by atoms with E-state index in [9.17, 15) is 13.5 Å². The maximum Gasteiger partial charge on any atom is 0.218 e. The van der Waals surface area contributed by atoms with Gasteiger partial charge in [-0.3, -0.25) is 9.80 Å².